The summed E-state index contributed by atoms with van der Waals surface area (Å²) in [6.45, 7) is 0. The molecular formula is C14H10N2O3. The van der Waals surface area contributed by atoms with Crippen LogP contribution in [0.4, 0.5) is 0 Å². The lowest BCUT2D eigenvalue weighted by molar-refractivity contribution is 0.0592. The van der Waals surface area contributed by atoms with Gasteiger partial charge in [0.05, 0.1) is 12.6 Å². The summed E-state index contributed by atoms with van der Waals surface area (Å²) in [5.41, 5.74) is 0.959. The second-order valence-electron chi connectivity index (χ2n) is 4.06. The molecule has 5 heteroatoms. The molecular weight excluding hydrogens is 244 g/mol. The quantitative estimate of drug-likeness (QED) is 0.619. The van der Waals surface area contributed by atoms with Crippen molar-refractivity contribution in [3.8, 4) is 0 Å². The van der Waals surface area contributed by atoms with Crippen molar-refractivity contribution >= 4 is 22.5 Å². The third-order valence-electron chi connectivity index (χ3n) is 2.92. The zero-order valence-corrected chi connectivity index (χ0v) is 10.2. The molecule has 0 aliphatic carbocycles. The van der Waals surface area contributed by atoms with Crippen molar-refractivity contribution in [3.05, 3.63) is 58.5 Å². The van der Waals surface area contributed by atoms with E-state index in [0.29, 0.717) is 5.65 Å². The van der Waals surface area contributed by atoms with Gasteiger partial charge in [0.1, 0.15) is 11.3 Å². The summed E-state index contributed by atoms with van der Waals surface area (Å²) in [7, 11) is 1.28. The molecule has 0 radical (unpaired) electrons. The molecule has 0 saturated heterocycles. The largest absolute Gasteiger partial charge is 0.464 e. The summed E-state index contributed by atoms with van der Waals surface area (Å²) in [6, 6.07) is 12.4. The molecule has 0 aliphatic rings. The van der Waals surface area contributed by atoms with E-state index in [0.717, 1.165) is 10.9 Å². The van der Waals surface area contributed by atoms with Gasteiger partial charge in [0.15, 0.2) is 0 Å². The van der Waals surface area contributed by atoms with Crippen molar-refractivity contribution in [2.24, 2.45) is 0 Å². The van der Waals surface area contributed by atoms with Gasteiger partial charge in [-0.1, -0.05) is 24.3 Å². The van der Waals surface area contributed by atoms with Crippen molar-refractivity contribution < 1.29 is 9.53 Å². The molecule has 0 N–H and O–H groups in total. The van der Waals surface area contributed by atoms with Crippen molar-refractivity contribution in [3.63, 3.8) is 0 Å². The summed E-state index contributed by atoms with van der Waals surface area (Å²) in [6.07, 6.45) is 0. The maximum atomic E-state index is 11.8. The third kappa shape index (κ3) is 1.76. The fourth-order valence-electron chi connectivity index (χ4n) is 2.12. The highest BCUT2D eigenvalue weighted by Crippen LogP contribution is 2.19. The van der Waals surface area contributed by atoms with E-state index in [1.54, 1.807) is 10.5 Å². The Morgan fingerprint density at radius 2 is 2.00 bits per heavy atom. The van der Waals surface area contributed by atoms with Crippen LogP contribution < -0.4 is 5.56 Å². The van der Waals surface area contributed by atoms with Crippen LogP contribution in [0.1, 0.15) is 10.5 Å². The summed E-state index contributed by atoms with van der Waals surface area (Å²) in [4.78, 5) is 27.2. The topological polar surface area (TPSA) is 60.7 Å². The third-order valence-corrected chi connectivity index (χ3v) is 2.92. The van der Waals surface area contributed by atoms with Crippen LogP contribution >= 0.6 is 0 Å². The van der Waals surface area contributed by atoms with Crippen LogP contribution in [0.2, 0.25) is 0 Å². The predicted molar refractivity (Wildman–Crippen MR) is 70.3 cm³/mol. The number of nitrogens with zero attached hydrogens (tertiary/aromatic N) is 2. The van der Waals surface area contributed by atoms with Gasteiger partial charge in [0, 0.05) is 11.5 Å². The number of methoxy groups -OCH3 is 1. The molecule has 19 heavy (non-hydrogen) atoms. The van der Waals surface area contributed by atoms with E-state index in [9.17, 15) is 9.59 Å². The molecule has 3 rings (SSSR count). The van der Waals surface area contributed by atoms with E-state index >= 15 is 0 Å². The van der Waals surface area contributed by atoms with Gasteiger partial charge < -0.3 is 4.74 Å². The number of hydrogen-bond donors (Lipinski definition) is 0. The first-order valence-corrected chi connectivity index (χ1v) is 5.70. The highest BCUT2D eigenvalue weighted by molar-refractivity contribution is 5.93. The highest BCUT2D eigenvalue weighted by atomic mass is 16.5. The molecule has 0 fully saturated rings. The maximum absolute atomic E-state index is 11.8. The SMILES string of the molecule is COC(=O)c1cc(=O)nc2cc3cccccc3n12. The Hall–Kier alpha value is -2.69. The highest BCUT2D eigenvalue weighted by Gasteiger charge is 2.15. The summed E-state index contributed by atoms with van der Waals surface area (Å²) in [5, 5.41) is 0.897. The van der Waals surface area contributed by atoms with Crippen molar-refractivity contribution in [2.45, 2.75) is 0 Å². The first kappa shape index (κ1) is 11.4. The number of hydrogen-bond acceptors (Lipinski definition) is 4. The second-order valence-corrected chi connectivity index (χ2v) is 4.06. The van der Waals surface area contributed by atoms with Gasteiger partial charge in [-0.15, -0.1) is 0 Å². The molecule has 5 nitrogen and oxygen atoms in total. The molecule has 1 aromatic carbocycles. The van der Waals surface area contributed by atoms with Gasteiger partial charge in [0.25, 0.3) is 5.56 Å². The van der Waals surface area contributed by atoms with Crippen LogP contribution in [0.15, 0.2) is 47.3 Å². The molecule has 0 saturated carbocycles. The number of fused-ring (bicyclic) bond motifs is 3. The normalized spacial score (nSPS) is 10.8. The van der Waals surface area contributed by atoms with Crippen LogP contribution in [0.5, 0.6) is 0 Å². The smallest absolute Gasteiger partial charge is 0.355 e. The number of aromatic nitrogens is 2. The number of carbonyl (C=O) groups is 1. The van der Waals surface area contributed by atoms with Crippen LogP contribution in [0, 0.1) is 0 Å². The fraction of sp³-hybridized carbons (Fsp3) is 0.0714. The molecule has 0 spiro atoms. The minimum atomic E-state index is -0.562. The number of rotatable bonds is 1. The number of esters is 1. The lowest BCUT2D eigenvalue weighted by Crippen LogP contribution is -2.15. The molecule has 0 unspecified atom stereocenters. The average Bonchev–Trinajstić information content (AvgIpc) is 2.59. The average molecular weight is 254 g/mol. The van der Waals surface area contributed by atoms with Gasteiger partial charge in [-0.05, 0) is 12.1 Å². The van der Waals surface area contributed by atoms with Crippen LogP contribution in [0.25, 0.3) is 16.6 Å². The van der Waals surface area contributed by atoms with Crippen LogP contribution in [-0.2, 0) is 4.74 Å². The van der Waals surface area contributed by atoms with E-state index in [1.165, 1.54) is 13.2 Å². The molecule has 0 atom stereocenters. The van der Waals surface area contributed by atoms with Gasteiger partial charge in [-0.25, -0.2) is 4.79 Å². The molecule has 2 aromatic heterocycles. The zero-order chi connectivity index (χ0) is 13.4. The molecule has 2 heterocycles. The van der Waals surface area contributed by atoms with Crippen LogP contribution in [0.3, 0.4) is 0 Å². The molecule has 0 amide bonds. The monoisotopic (exact) mass is 254 g/mol. The van der Waals surface area contributed by atoms with E-state index in [1.807, 2.05) is 30.3 Å². The van der Waals surface area contributed by atoms with Crippen molar-refractivity contribution in [1.29, 1.82) is 0 Å². The molecule has 3 aromatic rings. The second kappa shape index (κ2) is 4.20. The van der Waals surface area contributed by atoms with Gasteiger partial charge in [-0.3, -0.25) is 9.20 Å². The standard InChI is InChI=1S/C14H10N2O3/c1-19-14(18)11-8-13(17)15-12-7-9-5-3-2-4-6-10(9)16(11)12/h2-8H,1H3. The number of ether oxygens (including phenoxy) is 1. The van der Waals surface area contributed by atoms with Gasteiger partial charge in [0.2, 0.25) is 0 Å². The first-order chi connectivity index (χ1) is 9.20. The Morgan fingerprint density at radius 3 is 2.79 bits per heavy atom. The van der Waals surface area contributed by atoms with Crippen LogP contribution in [-0.4, -0.2) is 22.5 Å². The zero-order valence-electron chi connectivity index (χ0n) is 10.2. The Balaban J connectivity index is 2.55. The minimum Gasteiger partial charge on any atom is -0.464 e. The fourth-order valence-corrected chi connectivity index (χ4v) is 2.12. The predicted octanol–water partition coefficient (Wildman–Crippen LogP) is 1.63. The Kier molecular flexibility index (Phi) is 2.52. The van der Waals surface area contributed by atoms with Crippen molar-refractivity contribution in [1.82, 2.24) is 9.38 Å². The van der Waals surface area contributed by atoms with E-state index < -0.39 is 11.5 Å². The van der Waals surface area contributed by atoms with E-state index in [2.05, 4.69) is 4.98 Å². The summed E-state index contributed by atoms with van der Waals surface area (Å²) < 4.78 is 6.34. The molecule has 0 aliphatic heterocycles. The Morgan fingerprint density at radius 1 is 1.21 bits per heavy atom. The van der Waals surface area contributed by atoms with E-state index in [4.69, 9.17) is 4.74 Å². The summed E-state index contributed by atoms with van der Waals surface area (Å²) >= 11 is 0. The maximum Gasteiger partial charge on any atom is 0.355 e. The van der Waals surface area contributed by atoms with Gasteiger partial charge in [-0.2, -0.15) is 4.98 Å². The number of carbonyl (C=O) groups excluding carboxylic acids is 1. The van der Waals surface area contributed by atoms with Crippen molar-refractivity contribution in [2.75, 3.05) is 7.11 Å². The summed E-state index contributed by atoms with van der Waals surface area (Å²) in [5.74, 6) is -0.562. The van der Waals surface area contributed by atoms with E-state index in [-0.39, 0.29) is 5.69 Å². The Labute approximate surface area is 108 Å². The minimum absolute atomic E-state index is 0.179. The molecule has 0 bridgehead atoms. The lowest BCUT2D eigenvalue weighted by Gasteiger charge is -2.03. The molecule has 94 valence electrons. The first-order valence-electron chi connectivity index (χ1n) is 5.70. The Bertz CT molecular complexity index is 852. The lowest BCUT2D eigenvalue weighted by atomic mass is 10.3. The van der Waals surface area contributed by atoms with Gasteiger partial charge >= 0.3 is 5.97 Å².